The fourth-order valence-corrected chi connectivity index (χ4v) is 4.17. The summed E-state index contributed by atoms with van der Waals surface area (Å²) in [5.41, 5.74) is -3.49. The molecule has 2 saturated heterocycles. The zero-order valence-corrected chi connectivity index (χ0v) is 19.2. The van der Waals surface area contributed by atoms with Crippen LogP contribution in [0.3, 0.4) is 0 Å². The third-order valence-electron chi connectivity index (χ3n) is 6.39. The second kappa shape index (κ2) is 10.3. The average Bonchev–Trinajstić information content (AvgIpc) is 2.78. The molecule has 2 aliphatic rings. The number of halogens is 6. The number of nitrogens with zero attached hydrogens (tertiary/aromatic N) is 1. The summed E-state index contributed by atoms with van der Waals surface area (Å²) in [6.07, 6.45) is -7.29. The monoisotopic (exact) mass is 496 g/mol. The quantitative estimate of drug-likeness (QED) is 0.513. The molecule has 11 heteroatoms. The minimum atomic E-state index is -4.91. The standard InChI is InChI=1S/C23H30F6N2O3/c1-15(16-10-17(22(24,25)26)12-18(11-16)23(27,28)29)33-14-21(2)7-6-19(13-30-21)34-20(32)31-8-4-3-5-9-31/h10-12,15,19,30H,3-9,13-14H2,1-2H3. The van der Waals surface area contributed by atoms with Crippen LogP contribution in [0.2, 0.25) is 0 Å². The van der Waals surface area contributed by atoms with Crippen molar-refractivity contribution in [3.8, 4) is 0 Å². The fourth-order valence-electron chi connectivity index (χ4n) is 4.17. The van der Waals surface area contributed by atoms with Crippen LogP contribution in [0.15, 0.2) is 18.2 Å². The summed E-state index contributed by atoms with van der Waals surface area (Å²) in [5.74, 6) is 0. The van der Waals surface area contributed by atoms with Gasteiger partial charge in [0.1, 0.15) is 6.10 Å². The van der Waals surface area contributed by atoms with E-state index in [1.807, 2.05) is 6.92 Å². The largest absolute Gasteiger partial charge is 0.445 e. The Morgan fingerprint density at radius 1 is 1.09 bits per heavy atom. The Labute approximate surface area is 194 Å². The lowest BCUT2D eigenvalue weighted by Gasteiger charge is -2.39. The first-order valence-corrected chi connectivity index (χ1v) is 11.4. The molecule has 0 aliphatic carbocycles. The predicted molar refractivity (Wildman–Crippen MR) is 112 cm³/mol. The number of piperidine rings is 2. The van der Waals surface area contributed by atoms with Crippen LogP contribution in [0.5, 0.6) is 0 Å². The van der Waals surface area contributed by atoms with Gasteiger partial charge in [-0.05, 0) is 69.7 Å². The predicted octanol–water partition coefficient (Wildman–Crippen LogP) is 5.94. The maximum atomic E-state index is 13.1. The topological polar surface area (TPSA) is 50.8 Å². The summed E-state index contributed by atoms with van der Waals surface area (Å²) in [4.78, 5) is 14.0. The zero-order chi connectivity index (χ0) is 25.1. The number of amides is 1. The van der Waals surface area contributed by atoms with E-state index >= 15 is 0 Å². The van der Waals surface area contributed by atoms with Gasteiger partial charge in [-0.3, -0.25) is 0 Å². The highest BCUT2D eigenvalue weighted by molar-refractivity contribution is 5.67. The number of hydrogen-bond acceptors (Lipinski definition) is 4. The molecule has 2 fully saturated rings. The Morgan fingerprint density at radius 2 is 1.68 bits per heavy atom. The molecular weight excluding hydrogens is 466 g/mol. The van der Waals surface area contributed by atoms with E-state index in [-0.39, 0.29) is 30.4 Å². The number of likely N-dealkylation sites (tertiary alicyclic amines) is 1. The number of carbonyl (C=O) groups is 1. The molecule has 0 radical (unpaired) electrons. The molecule has 1 N–H and O–H groups in total. The third-order valence-corrected chi connectivity index (χ3v) is 6.39. The maximum Gasteiger partial charge on any atom is 0.416 e. The number of alkyl halides is 6. The van der Waals surface area contributed by atoms with Gasteiger partial charge in [0.05, 0.1) is 23.8 Å². The van der Waals surface area contributed by atoms with Gasteiger partial charge in [-0.15, -0.1) is 0 Å². The summed E-state index contributed by atoms with van der Waals surface area (Å²) >= 11 is 0. The van der Waals surface area contributed by atoms with Crippen LogP contribution in [0.25, 0.3) is 0 Å². The van der Waals surface area contributed by atoms with Gasteiger partial charge in [-0.25, -0.2) is 4.79 Å². The highest BCUT2D eigenvalue weighted by Crippen LogP contribution is 2.38. The highest BCUT2D eigenvalue weighted by atomic mass is 19.4. The molecule has 2 aliphatic heterocycles. The summed E-state index contributed by atoms with van der Waals surface area (Å²) in [5, 5.41) is 3.25. The summed E-state index contributed by atoms with van der Waals surface area (Å²) in [7, 11) is 0. The van der Waals surface area contributed by atoms with Crippen molar-refractivity contribution in [2.24, 2.45) is 0 Å². The van der Waals surface area contributed by atoms with Gasteiger partial charge in [0.25, 0.3) is 0 Å². The summed E-state index contributed by atoms with van der Waals surface area (Å²) < 4.78 is 90.0. The van der Waals surface area contributed by atoms with Crippen molar-refractivity contribution >= 4 is 6.09 Å². The lowest BCUT2D eigenvalue weighted by molar-refractivity contribution is -0.143. The molecule has 192 valence electrons. The van der Waals surface area contributed by atoms with Crippen LogP contribution < -0.4 is 5.32 Å². The molecule has 3 rings (SSSR count). The summed E-state index contributed by atoms with van der Waals surface area (Å²) in [6.45, 7) is 5.11. The van der Waals surface area contributed by atoms with E-state index in [0.717, 1.165) is 19.3 Å². The molecule has 1 aromatic rings. The Morgan fingerprint density at radius 3 is 2.18 bits per heavy atom. The summed E-state index contributed by atoms with van der Waals surface area (Å²) in [6, 6.07) is 1.48. The molecule has 1 amide bonds. The molecule has 3 unspecified atom stereocenters. The van der Waals surface area contributed by atoms with Gasteiger partial charge < -0.3 is 19.7 Å². The maximum absolute atomic E-state index is 13.1. The molecule has 5 nitrogen and oxygen atoms in total. The van der Waals surface area contributed by atoms with Crippen LogP contribution in [0.1, 0.15) is 68.7 Å². The minimum absolute atomic E-state index is 0.0680. The van der Waals surface area contributed by atoms with Gasteiger partial charge in [-0.1, -0.05) is 0 Å². The van der Waals surface area contributed by atoms with Crippen molar-refractivity contribution in [3.05, 3.63) is 34.9 Å². The smallest absolute Gasteiger partial charge is 0.416 e. The number of carbonyl (C=O) groups excluding carboxylic acids is 1. The number of rotatable bonds is 5. The van der Waals surface area contributed by atoms with Crippen LogP contribution in [-0.4, -0.2) is 48.9 Å². The number of benzene rings is 1. The van der Waals surface area contributed by atoms with Gasteiger partial charge in [0.2, 0.25) is 0 Å². The van der Waals surface area contributed by atoms with Crippen molar-refractivity contribution in [1.82, 2.24) is 10.2 Å². The van der Waals surface area contributed by atoms with Crippen molar-refractivity contribution in [1.29, 1.82) is 0 Å². The second-order valence-electron chi connectivity index (χ2n) is 9.33. The Hall–Kier alpha value is -2.01. The van der Waals surface area contributed by atoms with Gasteiger partial charge in [-0.2, -0.15) is 26.3 Å². The van der Waals surface area contributed by atoms with E-state index in [4.69, 9.17) is 9.47 Å². The van der Waals surface area contributed by atoms with E-state index in [1.165, 1.54) is 6.92 Å². The van der Waals surface area contributed by atoms with Crippen molar-refractivity contribution in [2.75, 3.05) is 26.2 Å². The van der Waals surface area contributed by atoms with Crippen molar-refractivity contribution in [3.63, 3.8) is 0 Å². The number of hydrogen-bond donors (Lipinski definition) is 1. The fraction of sp³-hybridized carbons (Fsp3) is 0.696. The zero-order valence-electron chi connectivity index (χ0n) is 19.2. The van der Waals surface area contributed by atoms with Crippen LogP contribution >= 0.6 is 0 Å². The SMILES string of the molecule is CC(OCC1(C)CCC(OC(=O)N2CCCCC2)CN1)c1cc(C(F)(F)F)cc(C(F)(F)F)c1. The number of nitrogens with one attached hydrogen (secondary N) is 1. The molecule has 0 saturated carbocycles. The molecule has 0 spiro atoms. The van der Waals surface area contributed by atoms with Crippen LogP contribution in [-0.2, 0) is 21.8 Å². The average molecular weight is 496 g/mol. The second-order valence-corrected chi connectivity index (χ2v) is 9.33. The molecule has 1 aromatic carbocycles. The van der Waals surface area contributed by atoms with Crippen molar-refractivity contribution in [2.45, 2.75) is 76.1 Å². The van der Waals surface area contributed by atoms with E-state index in [0.29, 0.717) is 44.6 Å². The van der Waals surface area contributed by atoms with E-state index in [9.17, 15) is 31.1 Å². The normalized spacial score (nSPS) is 25.2. The lowest BCUT2D eigenvalue weighted by Crippen LogP contribution is -2.55. The Kier molecular flexibility index (Phi) is 8.07. The van der Waals surface area contributed by atoms with Gasteiger partial charge in [0, 0.05) is 25.2 Å². The first-order valence-electron chi connectivity index (χ1n) is 11.4. The first-order chi connectivity index (χ1) is 15.8. The molecule has 34 heavy (non-hydrogen) atoms. The van der Waals surface area contributed by atoms with Gasteiger partial charge >= 0.3 is 18.4 Å². The minimum Gasteiger partial charge on any atom is -0.445 e. The molecular formula is C23H30F6N2O3. The van der Waals surface area contributed by atoms with E-state index in [2.05, 4.69) is 5.32 Å². The van der Waals surface area contributed by atoms with E-state index in [1.54, 1.807) is 4.90 Å². The van der Waals surface area contributed by atoms with Crippen LogP contribution in [0.4, 0.5) is 31.1 Å². The van der Waals surface area contributed by atoms with Gasteiger partial charge in [0.15, 0.2) is 0 Å². The highest BCUT2D eigenvalue weighted by Gasteiger charge is 2.38. The molecule has 0 aromatic heterocycles. The third kappa shape index (κ3) is 7.00. The molecule has 2 heterocycles. The Balaban J connectivity index is 1.56. The van der Waals surface area contributed by atoms with E-state index < -0.39 is 35.1 Å². The first kappa shape index (κ1) is 26.6. The van der Waals surface area contributed by atoms with Crippen LogP contribution in [0, 0.1) is 0 Å². The molecule has 0 bridgehead atoms. The molecule has 3 atom stereocenters. The lowest BCUT2D eigenvalue weighted by atomic mass is 9.90. The van der Waals surface area contributed by atoms with Crippen molar-refractivity contribution < 1.29 is 40.6 Å². The number of ether oxygens (including phenoxy) is 2. The Bertz CT molecular complexity index is 812.